The minimum atomic E-state index is -0.963. The molecule has 0 N–H and O–H groups in total. The summed E-state index contributed by atoms with van der Waals surface area (Å²) < 4.78 is 62.5. The average molecular weight is 406 g/mol. The summed E-state index contributed by atoms with van der Waals surface area (Å²) in [5.41, 5.74) is 0.987. The van der Waals surface area contributed by atoms with Crippen molar-refractivity contribution in [3.8, 4) is 5.75 Å². The minimum absolute atomic E-state index is 0.0822. The summed E-state index contributed by atoms with van der Waals surface area (Å²) in [6, 6.07) is 6.28. The fourth-order valence-corrected chi connectivity index (χ4v) is 4.07. The summed E-state index contributed by atoms with van der Waals surface area (Å²) in [5, 5.41) is 0. The molecule has 29 heavy (non-hydrogen) atoms. The summed E-state index contributed by atoms with van der Waals surface area (Å²) in [4.78, 5) is 0. The Balaban J connectivity index is 1.67. The Labute approximate surface area is 169 Å². The molecule has 0 aromatic heterocycles. The molecule has 0 heterocycles. The molecule has 0 aliphatic heterocycles. The van der Waals surface area contributed by atoms with Crippen molar-refractivity contribution >= 4 is 0 Å². The van der Waals surface area contributed by atoms with Crippen LogP contribution in [0.3, 0.4) is 0 Å². The second-order valence-corrected chi connectivity index (χ2v) is 7.71. The molecular formula is C24H26F4O. The van der Waals surface area contributed by atoms with E-state index in [9.17, 15) is 17.6 Å². The molecular weight excluding hydrogens is 380 g/mol. The van der Waals surface area contributed by atoms with Gasteiger partial charge >= 0.3 is 0 Å². The second-order valence-electron chi connectivity index (χ2n) is 7.71. The van der Waals surface area contributed by atoms with Gasteiger partial charge in [-0.25, -0.2) is 13.2 Å². The Bertz CT molecular complexity index is 870. The number of halogens is 4. The number of hydrogen-bond donors (Lipinski definition) is 0. The monoisotopic (exact) mass is 406 g/mol. The summed E-state index contributed by atoms with van der Waals surface area (Å²) in [6.45, 7) is 5.44. The van der Waals surface area contributed by atoms with Gasteiger partial charge in [0.25, 0.3) is 0 Å². The maximum atomic E-state index is 14.6. The highest BCUT2D eigenvalue weighted by atomic mass is 19.2. The molecule has 5 heteroatoms. The van der Waals surface area contributed by atoms with E-state index >= 15 is 0 Å². The van der Waals surface area contributed by atoms with Crippen molar-refractivity contribution in [1.82, 2.24) is 0 Å². The number of allylic oxidation sites excluding steroid dienone is 1. The topological polar surface area (TPSA) is 9.23 Å². The van der Waals surface area contributed by atoms with E-state index in [0.717, 1.165) is 6.42 Å². The zero-order chi connectivity index (χ0) is 21.0. The highest BCUT2D eigenvalue weighted by Crippen LogP contribution is 2.43. The third-order valence-electron chi connectivity index (χ3n) is 5.80. The normalized spacial score (nSPS) is 19.2. The molecule has 0 spiro atoms. The van der Waals surface area contributed by atoms with E-state index in [-0.39, 0.29) is 23.1 Å². The molecule has 1 aliphatic rings. The van der Waals surface area contributed by atoms with Gasteiger partial charge in [0, 0.05) is 0 Å². The predicted molar refractivity (Wildman–Crippen MR) is 106 cm³/mol. The largest absolute Gasteiger partial charge is 0.490 e. The van der Waals surface area contributed by atoms with E-state index in [1.54, 1.807) is 24.3 Å². The zero-order valence-electron chi connectivity index (χ0n) is 16.6. The molecule has 2 aromatic rings. The van der Waals surface area contributed by atoms with Gasteiger partial charge in [-0.2, -0.15) is 4.39 Å². The molecule has 2 aromatic carbocycles. The first kappa shape index (κ1) is 21.4. The van der Waals surface area contributed by atoms with E-state index < -0.39 is 23.3 Å². The SMILES string of the molecule is C=CCCCOc1ccc(C2CCC(c3ccc(C)c(F)c3F)CC2)c(F)c1F. The summed E-state index contributed by atoms with van der Waals surface area (Å²) in [7, 11) is 0. The van der Waals surface area contributed by atoms with Gasteiger partial charge in [-0.05, 0) is 80.0 Å². The number of ether oxygens (including phenoxy) is 1. The lowest BCUT2D eigenvalue weighted by molar-refractivity contribution is 0.289. The Morgan fingerprint density at radius 3 is 2.00 bits per heavy atom. The zero-order valence-corrected chi connectivity index (χ0v) is 16.6. The molecule has 1 saturated carbocycles. The van der Waals surface area contributed by atoms with Crippen LogP contribution >= 0.6 is 0 Å². The maximum Gasteiger partial charge on any atom is 0.200 e. The Morgan fingerprint density at radius 2 is 1.41 bits per heavy atom. The van der Waals surface area contributed by atoms with Gasteiger partial charge in [0.1, 0.15) is 0 Å². The van der Waals surface area contributed by atoms with Gasteiger partial charge in [0.2, 0.25) is 5.82 Å². The van der Waals surface area contributed by atoms with E-state index in [1.807, 2.05) is 0 Å². The van der Waals surface area contributed by atoms with Crippen LogP contribution in [0.5, 0.6) is 5.75 Å². The minimum Gasteiger partial charge on any atom is -0.490 e. The molecule has 0 radical (unpaired) electrons. The number of aryl methyl sites for hydroxylation is 1. The Morgan fingerprint density at radius 1 is 0.862 bits per heavy atom. The van der Waals surface area contributed by atoms with Gasteiger partial charge in [0.15, 0.2) is 23.2 Å². The van der Waals surface area contributed by atoms with Crippen molar-refractivity contribution in [2.24, 2.45) is 0 Å². The molecule has 0 amide bonds. The third-order valence-corrected chi connectivity index (χ3v) is 5.80. The molecule has 156 valence electrons. The van der Waals surface area contributed by atoms with Crippen molar-refractivity contribution in [3.05, 3.63) is 76.9 Å². The first-order valence-electron chi connectivity index (χ1n) is 10.1. The van der Waals surface area contributed by atoms with E-state index in [0.29, 0.717) is 49.8 Å². The van der Waals surface area contributed by atoms with Gasteiger partial charge in [-0.1, -0.05) is 24.3 Å². The Hall–Kier alpha value is -2.30. The van der Waals surface area contributed by atoms with Crippen LogP contribution in [-0.4, -0.2) is 6.61 Å². The van der Waals surface area contributed by atoms with Gasteiger partial charge < -0.3 is 4.74 Å². The lowest BCUT2D eigenvalue weighted by Gasteiger charge is -2.30. The predicted octanol–water partition coefficient (Wildman–Crippen LogP) is 7.34. The average Bonchev–Trinajstić information content (AvgIpc) is 2.73. The van der Waals surface area contributed by atoms with E-state index in [2.05, 4.69) is 6.58 Å². The quantitative estimate of drug-likeness (QED) is 0.266. The number of unbranched alkanes of at least 4 members (excludes halogenated alkanes) is 1. The van der Waals surface area contributed by atoms with Gasteiger partial charge in [-0.15, -0.1) is 6.58 Å². The van der Waals surface area contributed by atoms with Crippen LogP contribution in [0.4, 0.5) is 17.6 Å². The van der Waals surface area contributed by atoms with Crippen LogP contribution in [0, 0.1) is 30.2 Å². The second kappa shape index (κ2) is 9.47. The number of benzene rings is 2. The molecule has 1 fully saturated rings. The van der Waals surface area contributed by atoms with Crippen molar-refractivity contribution in [3.63, 3.8) is 0 Å². The molecule has 3 rings (SSSR count). The van der Waals surface area contributed by atoms with E-state index in [1.165, 1.54) is 13.0 Å². The molecule has 0 bridgehead atoms. The van der Waals surface area contributed by atoms with Crippen LogP contribution in [0.15, 0.2) is 36.9 Å². The molecule has 1 nitrogen and oxygen atoms in total. The molecule has 0 saturated heterocycles. The first-order chi connectivity index (χ1) is 13.9. The number of rotatable bonds is 7. The van der Waals surface area contributed by atoms with E-state index in [4.69, 9.17) is 4.74 Å². The van der Waals surface area contributed by atoms with Crippen LogP contribution in [0.25, 0.3) is 0 Å². The highest BCUT2D eigenvalue weighted by molar-refractivity contribution is 5.34. The van der Waals surface area contributed by atoms with Crippen molar-refractivity contribution in [2.75, 3.05) is 6.61 Å². The van der Waals surface area contributed by atoms with Gasteiger partial charge in [0.05, 0.1) is 6.61 Å². The maximum absolute atomic E-state index is 14.6. The van der Waals surface area contributed by atoms with Crippen molar-refractivity contribution < 1.29 is 22.3 Å². The summed E-state index contributed by atoms with van der Waals surface area (Å²) in [6.07, 6.45) is 5.57. The first-order valence-corrected chi connectivity index (χ1v) is 10.1. The van der Waals surface area contributed by atoms with Crippen molar-refractivity contribution in [2.45, 2.75) is 57.3 Å². The highest BCUT2D eigenvalue weighted by Gasteiger charge is 2.29. The number of hydrogen-bond acceptors (Lipinski definition) is 1. The lowest BCUT2D eigenvalue weighted by atomic mass is 9.75. The molecule has 1 aliphatic carbocycles. The lowest BCUT2D eigenvalue weighted by Crippen LogP contribution is -2.15. The molecule has 0 unspecified atom stereocenters. The summed E-state index contributed by atoms with van der Waals surface area (Å²) in [5.74, 6) is -3.76. The standard InChI is InChI=1S/C24H26F4O/c1-3-4-5-14-29-20-13-12-19(23(27)24(20)28)17-9-7-16(8-10-17)18-11-6-15(2)21(25)22(18)26/h3,6,11-13,16-17H,1,4-5,7-10,14H2,2H3. The van der Waals surface area contributed by atoms with Crippen LogP contribution in [-0.2, 0) is 0 Å². The summed E-state index contributed by atoms with van der Waals surface area (Å²) >= 11 is 0. The van der Waals surface area contributed by atoms with Crippen LogP contribution in [0.2, 0.25) is 0 Å². The smallest absolute Gasteiger partial charge is 0.200 e. The van der Waals surface area contributed by atoms with Crippen LogP contribution in [0.1, 0.15) is 67.1 Å². The fourth-order valence-electron chi connectivity index (χ4n) is 4.07. The fraction of sp³-hybridized carbons (Fsp3) is 0.417. The Kier molecular flexibility index (Phi) is 6.99. The molecule has 0 atom stereocenters. The van der Waals surface area contributed by atoms with Crippen molar-refractivity contribution in [1.29, 1.82) is 0 Å². The third kappa shape index (κ3) is 4.65. The van der Waals surface area contributed by atoms with Crippen LogP contribution < -0.4 is 4.74 Å². The van der Waals surface area contributed by atoms with Gasteiger partial charge in [-0.3, -0.25) is 0 Å².